The minimum absolute atomic E-state index is 0.263. The number of amides is 1. The maximum atomic E-state index is 12.7. The summed E-state index contributed by atoms with van der Waals surface area (Å²) in [5.41, 5.74) is 12.7. The van der Waals surface area contributed by atoms with Crippen LogP contribution in [0.4, 0.5) is 10.8 Å². The fourth-order valence-corrected chi connectivity index (χ4v) is 5.08. The monoisotopic (exact) mass is 519 g/mol. The summed E-state index contributed by atoms with van der Waals surface area (Å²) in [6.07, 6.45) is 1.70. The third-order valence-electron chi connectivity index (χ3n) is 6.45. The van der Waals surface area contributed by atoms with Gasteiger partial charge in [0.05, 0.1) is 11.9 Å². The molecule has 6 nitrogen and oxygen atoms in total. The Morgan fingerprint density at radius 3 is 2.42 bits per heavy atom. The Labute approximate surface area is 226 Å². The number of nitrogens with one attached hydrogen (secondary N) is 2. The van der Waals surface area contributed by atoms with E-state index in [9.17, 15) is 4.79 Å². The van der Waals surface area contributed by atoms with Crippen molar-refractivity contribution in [1.82, 2.24) is 15.0 Å². The van der Waals surface area contributed by atoms with Crippen LogP contribution in [0.3, 0.4) is 0 Å². The molecule has 0 saturated carbocycles. The van der Waals surface area contributed by atoms with E-state index in [2.05, 4.69) is 83.4 Å². The molecule has 0 atom stereocenters. The molecule has 2 N–H and O–H groups in total. The molecule has 0 radical (unpaired) electrons. The number of aromatic nitrogens is 2. The molecule has 7 heteroatoms. The van der Waals surface area contributed by atoms with Gasteiger partial charge in [-0.3, -0.25) is 4.79 Å². The number of rotatable bonds is 7. The zero-order valence-corrected chi connectivity index (χ0v) is 22.6. The number of benzene rings is 3. The van der Waals surface area contributed by atoms with Crippen LogP contribution in [0.1, 0.15) is 38.4 Å². The summed E-state index contributed by atoms with van der Waals surface area (Å²) >= 11 is 1.54. The molecule has 2 aromatic heterocycles. The Morgan fingerprint density at radius 2 is 1.68 bits per heavy atom. The SMILES string of the molecule is Cc1ccc(Nc2nc(-c3ccc(C(=O)N/N=C\c4cc(C)n(-c5ccccc5C)c4C)cc3)cs2)cc1. The lowest BCUT2D eigenvalue weighted by Crippen LogP contribution is -2.17. The number of thiazole rings is 1. The smallest absolute Gasteiger partial charge is 0.271 e. The fourth-order valence-electron chi connectivity index (χ4n) is 4.34. The van der Waals surface area contributed by atoms with Crippen molar-refractivity contribution in [3.63, 3.8) is 0 Å². The number of aryl methyl sites for hydroxylation is 3. The first-order valence-corrected chi connectivity index (χ1v) is 13.2. The van der Waals surface area contributed by atoms with Crippen molar-refractivity contribution in [1.29, 1.82) is 0 Å². The van der Waals surface area contributed by atoms with Gasteiger partial charge in [0, 0.05) is 44.8 Å². The normalized spacial score (nSPS) is 11.2. The van der Waals surface area contributed by atoms with Crippen LogP contribution in [-0.2, 0) is 0 Å². The molecule has 0 aliphatic rings. The predicted molar refractivity (Wildman–Crippen MR) is 157 cm³/mol. The summed E-state index contributed by atoms with van der Waals surface area (Å²) < 4.78 is 2.21. The molecule has 5 aromatic rings. The highest BCUT2D eigenvalue weighted by atomic mass is 32.1. The minimum Gasteiger partial charge on any atom is -0.332 e. The molecule has 0 bridgehead atoms. The van der Waals surface area contributed by atoms with Crippen molar-refractivity contribution >= 4 is 34.3 Å². The molecule has 190 valence electrons. The molecule has 0 unspecified atom stereocenters. The number of para-hydroxylation sites is 1. The van der Waals surface area contributed by atoms with Crippen LogP contribution in [0.25, 0.3) is 16.9 Å². The van der Waals surface area contributed by atoms with Gasteiger partial charge in [0.2, 0.25) is 0 Å². The molecule has 0 saturated heterocycles. The van der Waals surface area contributed by atoms with Gasteiger partial charge in [0.1, 0.15) is 0 Å². The summed E-state index contributed by atoms with van der Waals surface area (Å²) in [5, 5.41) is 10.4. The largest absolute Gasteiger partial charge is 0.332 e. The first-order valence-electron chi connectivity index (χ1n) is 12.4. The van der Waals surface area contributed by atoms with Crippen molar-refractivity contribution in [2.45, 2.75) is 27.7 Å². The van der Waals surface area contributed by atoms with Gasteiger partial charge in [-0.2, -0.15) is 5.10 Å². The molecule has 2 heterocycles. The minimum atomic E-state index is -0.263. The lowest BCUT2D eigenvalue weighted by molar-refractivity contribution is 0.0955. The molecule has 0 fully saturated rings. The first kappa shape index (κ1) is 25.2. The van der Waals surface area contributed by atoms with Crippen LogP contribution >= 0.6 is 11.3 Å². The molecular weight excluding hydrogens is 490 g/mol. The van der Waals surface area contributed by atoms with E-state index in [0.717, 1.165) is 44.7 Å². The number of anilines is 2. The second-order valence-electron chi connectivity index (χ2n) is 9.25. The number of carbonyl (C=O) groups excluding carboxylic acids is 1. The van der Waals surface area contributed by atoms with Crippen LogP contribution in [0.5, 0.6) is 0 Å². The van der Waals surface area contributed by atoms with Crippen molar-refractivity contribution in [3.05, 3.63) is 118 Å². The maximum absolute atomic E-state index is 12.7. The predicted octanol–water partition coefficient (Wildman–Crippen LogP) is 7.34. The standard InChI is InChI=1S/C31H29N5OS/c1-20-9-15-27(16-10-20)33-31-34-28(19-38-31)24-11-13-25(14-12-24)30(37)35-32-18-26-17-22(3)36(23(26)4)29-8-6-5-7-21(29)2/h5-19H,1-4H3,(H,33,34)(H,35,37)/b32-18-. The van der Waals surface area contributed by atoms with Crippen molar-refractivity contribution < 1.29 is 4.79 Å². The van der Waals surface area contributed by atoms with Crippen LogP contribution in [0.15, 0.2) is 89.3 Å². The lowest BCUT2D eigenvalue weighted by Gasteiger charge is -2.12. The number of nitrogens with zero attached hydrogens (tertiary/aromatic N) is 3. The molecule has 0 aliphatic heterocycles. The summed E-state index contributed by atoms with van der Waals surface area (Å²) in [6.45, 7) is 8.29. The quantitative estimate of drug-likeness (QED) is 0.175. The molecule has 5 rings (SSSR count). The maximum Gasteiger partial charge on any atom is 0.271 e. The van der Waals surface area contributed by atoms with Crippen LogP contribution < -0.4 is 10.7 Å². The average Bonchev–Trinajstić information content (AvgIpc) is 3.49. The van der Waals surface area contributed by atoms with Gasteiger partial charge < -0.3 is 9.88 Å². The Hall–Kier alpha value is -4.49. The summed E-state index contributed by atoms with van der Waals surface area (Å²) in [5.74, 6) is -0.263. The van der Waals surface area contributed by atoms with E-state index in [1.807, 2.05) is 41.8 Å². The topological polar surface area (TPSA) is 71.3 Å². The van der Waals surface area contributed by atoms with E-state index in [0.29, 0.717) is 5.56 Å². The average molecular weight is 520 g/mol. The number of hydrogen-bond acceptors (Lipinski definition) is 5. The van der Waals surface area contributed by atoms with Crippen molar-refractivity contribution in [2.75, 3.05) is 5.32 Å². The van der Waals surface area contributed by atoms with Crippen molar-refractivity contribution in [2.24, 2.45) is 5.10 Å². The highest BCUT2D eigenvalue weighted by molar-refractivity contribution is 7.14. The van der Waals surface area contributed by atoms with E-state index >= 15 is 0 Å². The molecule has 3 aromatic carbocycles. The van der Waals surface area contributed by atoms with Gasteiger partial charge in [0.15, 0.2) is 5.13 Å². The molecular formula is C31H29N5OS. The lowest BCUT2D eigenvalue weighted by atomic mass is 10.1. The highest BCUT2D eigenvalue weighted by Gasteiger charge is 2.12. The highest BCUT2D eigenvalue weighted by Crippen LogP contribution is 2.27. The first-order chi connectivity index (χ1) is 18.4. The van der Waals surface area contributed by atoms with Crippen LogP contribution in [-0.4, -0.2) is 21.7 Å². The zero-order valence-electron chi connectivity index (χ0n) is 21.8. The van der Waals surface area contributed by atoms with Gasteiger partial charge in [-0.1, -0.05) is 48.0 Å². The fraction of sp³-hybridized carbons (Fsp3) is 0.129. The zero-order chi connectivity index (χ0) is 26.6. The van der Waals surface area contributed by atoms with Gasteiger partial charge in [-0.15, -0.1) is 11.3 Å². The Kier molecular flexibility index (Phi) is 7.20. The van der Waals surface area contributed by atoms with E-state index in [1.54, 1.807) is 29.7 Å². The number of carbonyl (C=O) groups is 1. The second-order valence-corrected chi connectivity index (χ2v) is 10.1. The molecule has 38 heavy (non-hydrogen) atoms. The third kappa shape index (κ3) is 5.43. The molecule has 0 aliphatic carbocycles. The summed E-state index contributed by atoms with van der Waals surface area (Å²) in [4.78, 5) is 17.4. The van der Waals surface area contributed by atoms with Gasteiger partial charge in [-0.05, 0) is 69.7 Å². The second kappa shape index (κ2) is 10.9. The van der Waals surface area contributed by atoms with E-state index < -0.39 is 0 Å². The van der Waals surface area contributed by atoms with E-state index in [1.165, 1.54) is 11.1 Å². The summed E-state index contributed by atoms with van der Waals surface area (Å²) in [7, 11) is 0. The number of hydrogen-bond donors (Lipinski definition) is 2. The van der Waals surface area contributed by atoms with Gasteiger partial charge in [0.25, 0.3) is 5.91 Å². The summed E-state index contributed by atoms with van der Waals surface area (Å²) in [6, 6.07) is 25.9. The van der Waals surface area contributed by atoms with Crippen LogP contribution in [0.2, 0.25) is 0 Å². The number of hydrazone groups is 1. The van der Waals surface area contributed by atoms with Gasteiger partial charge >= 0.3 is 0 Å². The Balaban J connectivity index is 1.23. The van der Waals surface area contributed by atoms with E-state index in [-0.39, 0.29) is 5.91 Å². The molecule has 1 amide bonds. The Morgan fingerprint density at radius 1 is 0.947 bits per heavy atom. The van der Waals surface area contributed by atoms with Crippen LogP contribution in [0, 0.1) is 27.7 Å². The third-order valence-corrected chi connectivity index (χ3v) is 7.20. The van der Waals surface area contributed by atoms with E-state index in [4.69, 9.17) is 0 Å². The van der Waals surface area contributed by atoms with Crippen molar-refractivity contribution in [3.8, 4) is 16.9 Å². The Bertz CT molecular complexity index is 1610. The van der Waals surface area contributed by atoms with Gasteiger partial charge in [-0.25, -0.2) is 10.4 Å². The molecule has 0 spiro atoms.